The lowest BCUT2D eigenvalue weighted by Crippen LogP contribution is -2.23. The molecule has 1 saturated carbocycles. The number of hydrogen-bond acceptors (Lipinski definition) is 3. The average Bonchev–Trinajstić information content (AvgIpc) is 3.14. The highest BCUT2D eigenvalue weighted by Gasteiger charge is 2.44. The molecule has 2 aliphatic rings. The summed E-state index contributed by atoms with van der Waals surface area (Å²) in [4.78, 5) is 12.0. The molecule has 5 unspecified atom stereocenters. The molecule has 110 valence electrons. The molecule has 1 aliphatic heterocycles. The van der Waals surface area contributed by atoms with Crippen molar-refractivity contribution in [3.05, 3.63) is 0 Å². The number of ether oxygens (including phenoxy) is 2. The molecule has 0 aromatic heterocycles. The Morgan fingerprint density at radius 3 is 2.79 bits per heavy atom. The number of fused-ring (bicyclic) bond motifs is 1. The molecule has 19 heavy (non-hydrogen) atoms. The van der Waals surface area contributed by atoms with Crippen LogP contribution in [0.4, 0.5) is 0 Å². The molecule has 2 rings (SSSR count). The molecule has 3 nitrogen and oxygen atoms in total. The van der Waals surface area contributed by atoms with Gasteiger partial charge in [-0.15, -0.1) is 0 Å². The van der Waals surface area contributed by atoms with Crippen LogP contribution in [0.3, 0.4) is 0 Å². The van der Waals surface area contributed by atoms with E-state index in [0.29, 0.717) is 30.7 Å². The summed E-state index contributed by atoms with van der Waals surface area (Å²) in [6, 6.07) is 0. The van der Waals surface area contributed by atoms with Gasteiger partial charge in [0.25, 0.3) is 0 Å². The van der Waals surface area contributed by atoms with Crippen LogP contribution in [-0.2, 0) is 14.3 Å². The number of epoxide rings is 1. The zero-order valence-corrected chi connectivity index (χ0v) is 12.6. The smallest absolute Gasteiger partial charge is 0.308 e. The molecule has 1 heterocycles. The second kappa shape index (κ2) is 6.74. The Morgan fingerprint density at radius 1 is 1.32 bits per heavy atom. The molecule has 0 spiro atoms. The van der Waals surface area contributed by atoms with Crippen LogP contribution in [0.1, 0.15) is 59.3 Å². The van der Waals surface area contributed by atoms with Crippen LogP contribution in [0.25, 0.3) is 0 Å². The fraction of sp³-hybridized carbons (Fsp3) is 0.938. The minimum absolute atomic E-state index is 0.0122. The van der Waals surface area contributed by atoms with Gasteiger partial charge in [0, 0.05) is 0 Å². The largest absolute Gasteiger partial charge is 0.465 e. The third-order valence-electron chi connectivity index (χ3n) is 4.51. The second-order valence-electron chi connectivity index (χ2n) is 6.55. The summed E-state index contributed by atoms with van der Waals surface area (Å²) in [5, 5.41) is 0. The summed E-state index contributed by atoms with van der Waals surface area (Å²) < 4.78 is 11.0. The van der Waals surface area contributed by atoms with Crippen LogP contribution in [0, 0.1) is 17.8 Å². The molecule has 0 bridgehead atoms. The van der Waals surface area contributed by atoms with Gasteiger partial charge in [0.1, 0.15) is 0 Å². The van der Waals surface area contributed by atoms with Crippen LogP contribution in [-0.4, -0.2) is 24.8 Å². The predicted octanol–water partition coefficient (Wildman–Crippen LogP) is 3.56. The summed E-state index contributed by atoms with van der Waals surface area (Å²) >= 11 is 0. The van der Waals surface area contributed by atoms with E-state index < -0.39 is 0 Å². The molecule has 0 aromatic carbocycles. The second-order valence-corrected chi connectivity index (χ2v) is 6.55. The van der Waals surface area contributed by atoms with E-state index in [-0.39, 0.29) is 11.9 Å². The van der Waals surface area contributed by atoms with E-state index >= 15 is 0 Å². The van der Waals surface area contributed by atoms with Crippen molar-refractivity contribution in [2.75, 3.05) is 6.61 Å². The summed E-state index contributed by atoms with van der Waals surface area (Å²) in [5.74, 6) is 1.16. The van der Waals surface area contributed by atoms with Crippen molar-refractivity contribution in [3.63, 3.8) is 0 Å². The van der Waals surface area contributed by atoms with Gasteiger partial charge >= 0.3 is 5.97 Å². The number of esters is 1. The Kier molecular flexibility index (Phi) is 5.26. The average molecular weight is 268 g/mol. The van der Waals surface area contributed by atoms with Crippen LogP contribution in [0.5, 0.6) is 0 Å². The Hall–Kier alpha value is -0.570. The van der Waals surface area contributed by atoms with Gasteiger partial charge in [-0.25, -0.2) is 0 Å². The fourth-order valence-corrected chi connectivity index (χ4v) is 3.29. The van der Waals surface area contributed by atoms with Gasteiger partial charge in [-0.2, -0.15) is 0 Å². The highest BCUT2D eigenvalue weighted by molar-refractivity contribution is 5.71. The van der Waals surface area contributed by atoms with Crippen LogP contribution >= 0.6 is 0 Å². The Morgan fingerprint density at radius 2 is 2.11 bits per heavy atom. The maximum absolute atomic E-state index is 12.0. The Bertz CT molecular complexity index is 302. The fourth-order valence-electron chi connectivity index (χ4n) is 3.29. The monoisotopic (exact) mass is 268 g/mol. The molecule has 2 fully saturated rings. The van der Waals surface area contributed by atoms with Gasteiger partial charge in [-0.05, 0) is 37.5 Å². The minimum Gasteiger partial charge on any atom is -0.465 e. The van der Waals surface area contributed by atoms with Gasteiger partial charge in [-0.1, -0.05) is 33.6 Å². The lowest BCUT2D eigenvalue weighted by atomic mass is 9.90. The Labute approximate surface area is 117 Å². The van der Waals surface area contributed by atoms with Crippen LogP contribution in [0.15, 0.2) is 0 Å². The molecular formula is C16H28O3. The van der Waals surface area contributed by atoms with Crippen molar-refractivity contribution < 1.29 is 14.3 Å². The van der Waals surface area contributed by atoms with Crippen molar-refractivity contribution in [2.24, 2.45) is 17.8 Å². The first-order chi connectivity index (χ1) is 9.10. The van der Waals surface area contributed by atoms with Crippen molar-refractivity contribution in [1.82, 2.24) is 0 Å². The topological polar surface area (TPSA) is 38.8 Å². The Balaban J connectivity index is 1.62. The van der Waals surface area contributed by atoms with E-state index in [9.17, 15) is 4.79 Å². The van der Waals surface area contributed by atoms with Crippen LogP contribution in [0.2, 0.25) is 0 Å². The normalized spacial score (nSPS) is 32.3. The maximum atomic E-state index is 12.0. The van der Waals surface area contributed by atoms with Gasteiger partial charge in [0.15, 0.2) is 0 Å². The zero-order chi connectivity index (χ0) is 13.8. The van der Waals surface area contributed by atoms with Crippen molar-refractivity contribution in [3.8, 4) is 0 Å². The van der Waals surface area contributed by atoms with Crippen molar-refractivity contribution >= 4 is 5.97 Å². The zero-order valence-electron chi connectivity index (χ0n) is 12.6. The third-order valence-corrected chi connectivity index (χ3v) is 4.51. The summed E-state index contributed by atoms with van der Waals surface area (Å²) in [6.45, 7) is 7.00. The van der Waals surface area contributed by atoms with Gasteiger partial charge in [0.2, 0.25) is 0 Å². The van der Waals surface area contributed by atoms with Gasteiger partial charge < -0.3 is 9.47 Å². The molecule has 0 radical (unpaired) electrons. The standard InChI is InChI=1S/C16H28O3/c1-4-5-11(2)8-12(3)16(17)18-10-13-6-7-14-15(9-13)19-14/h11-15H,4-10H2,1-3H3. The van der Waals surface area contributed by atoms with E-state index in [2.05, 4.69) is 13.8 Å². The quantitative estimate of drug-likeness (QED) is 0.523. The number of carbonyl (C=O) groups excluding carboxylic acids is 1. The van der Waals surface area contributed by atoms with E-state index in [4.69, 9.17) is 9.47 Å². The first-order valence-electron chi connectivity index (χ1n) is 7.92. The van der Waals surface area contributed by atoms with Crippen LogP contribution < -0.4 is 0 Å². The maximum Gasteiger partial charge on any atom is 0.308 e. The van der Waals surface area contributed by atoms with E-state index in [1.807, 2.05) is 6.92 Å². The molecular weight excluding hydrogens is 240 g/mol. The molecule has 5 atom stereocenters. The van der Waals surface area contributed by atoms with E-state index in [0.717, 1.165) is 25.7 Å². The molecule has 0 N–H and O–H groups in total. The number of hydrogen-bond donors (Lipinski definition) is 0. The molecule has 1 aliphatic carbocycles. The minimum atomic E-state index is -0.0122. The lowest BCUT2D eigenvalue weighted by Gasteiger charge is -2.21. The first kappa shape index (κ1) is 14.8. The highest BCUT2D eigenvalue weighted by Crippen LogP contribution is 2.39. The van der Waals surface area contributed by atoms with Gasteiger partial charge in [-0.3, -0.25) is 4.79 Å². The molecule has 3 heteroatoms. The SMILES string of the molecule is CCCC(C)CC(C)C(=O)OCC1CCC2OC2C1. The van der Waals surface area contributed by atoms with E-state index in [1.165, 1.54) is 12.8 Å². The van der Waals surface area contributed by atoms with Gasteiger partial charge in [0.05, 0.1) is 24.7 Å². The lowest BCUT2D eigenvalue weighted by molar-refractivity contribution is -0.150. The molecule has 1 saturated heterocycles. The molecule has 0 aromatic rings. The first-order valence-corrected chi connectivity index (χ1v) is 7.92. The van der Waals surface area contributed by atoms with Crippen molar-refractivity contribution in [2.45, 2.75) is 71.5 Å². The van der Waals surface area contributed by atoms with E-state index in [1.54, 1.807) is 0 Å². The third kappa shape index (κ3) is 4.48. The summed E-state index contributed by atoms with van der Waals surface area (Å²) in [5.41, 5.74) is 0. The van der Waals surface area contributed by atoms with Crippen molar-refractivity contribution in [1.29, 1.82) is 0 Å². The predicted molar refractivity (Wildman–Crippen MR) is 74.8 cm³/mol. The number of carbonyl (C=O) groups is 1. The highest BCUT2D eigenvalue weighted by atomic mass is 16.6. The number of rotatable bonds is 7. The molecule has 0 amide bonds. The summed E-state index contributed by atoms with van der Waals surface area (Å²) in [6.07, 6.45) is 7.71. The summed E-state index contributed by atoms with van der Waals surface area (Å²) in [7, 11) is 0.